The average Bonchev–Trinajstić information content (AvgIpc) is 2.24. The second kappa shape index (κ2) is 3.94. The third-order valence-electron chi connectivity index (χ3n) is 2.21. The van der Waals surface area contributed by atoms with Gasteiger partial charge in [0.2, 0.25) is 5.78 Å². The third kappa shape index (κ3) is 1.77. The zero-order chi connectivity index (χ0) is 11.7. The molecule has 0 bridgehead atoms. The van der Waals surface area contributed by atoms with E-state index in [4.69, 9.17) is 11.6 Å². The van der Waals surface area contributed by atoms with Gasteiger partial charge in [0.05, 0.1) is 0 Å². The summed E-state index contributed by atoms with van der Waals surface area (Å²) in [6, 6.07) is 6.66. The van der Waals surface area contributed by atoms with Crippen molar-refractivity contribution in [1.29, 1.82) is 0 Å². The number of hydrogen-bond donors (Lipinski definition) is 1. The molecule has 0 aromatic heterocycles. The van der Waals surface area contributed by atoms with Gasteiger partial charge in [-0.3, -0.25) is 9.59 Å². The molecule has 80 valence electrons. The van der Waals surface area contributed by atoms with E-state index in [0.717, 1.165) is 6.08 Å². The molecule has 0 aliphatic heterocycles. The predicted octanol–water partition coefficient (Wildman–Crippen LogP) is 2.32. The molecule has 16 heavy (non-hydrogen) atoms. The second-order valence-electron chi connectivity index (χ2n) is 3.30. The molecule has 1 N–H and O–H groups in total. The van der Waals surface area contributed by atoms with Crippen molar-refractivity contribution in [2.45, 2.75) is 0 Å². The van der Waals surface area contributed by atoms with Gasteiger partial charge in [-0.05, 0) is 12.1 Å². The van der Waals surface area contributed by atoms with Gasteiger partial charge in [0.1, 0.15) is 0 Å². The highest BCUT2D eigenvalue weighted by Crippen LogP contribution is 2.27. The molecule has 1 aliphatic carbocycles. The monoisotopic (exact) mass is 234 g/mol. The first-order valence-electron chi connectivity index (χ1n) is 4.55. The van der Waals surface area contributed by atoms with Crippen LogP contribution in [0, 0.1) is 0 Å². The van der Waals surface area contributed by atoms with Crippen LogP contribution in [0.25, 0.3) is 5.57 Å². The standard InChI is InChI=1S/C12H7ClO3/c13-10-4-2-1-3-8(10)9-5-7(14)6-11(15)12(9)16/h1-6,15H. The second-order valence-corrected chi connectivity index (χ2v) is 3.71. The quantitative estimate of drug-likeness (QED) is 0.759. The number of Topliss-reactive ketones (excluding diaryl/α,β-unsaturated/α-hetero) is 1. The molecule has 2 rings (SSSR count). The Bertz CT molecular complexity index is 541. The molecule has 1 aromatic carbocycles. The lowest BCUT2D eigenvalue weighted by Gasteiger charge is -2.10. The number of hydrogen-bond acceptors (Lipinski definition) is 3. The van der Waals surface area contributed by atoms with Gasteiger partial charge >= 0.3 is 0 Å². The Hall–Kier alpha value is -1.87. The summed E-state index contributed by atoms with van der Waals surface area (Å²) in [6.45, 7) is 0. The van der Waals surface area contributed by atoms with Gasteiger partial charge in [-0.15, -0.1) is 0 Å². The largest absolute Gasteiger partial charge is 0.504 e. The van der Waals surface area contributed by atoms with Gasteiger partial charge in [0.25, 0.3) is 0 Å². The van der Waals surface area contributed by atoms with E-state index in [9.17, 15) is 14.7 Å². The summed E-state index contributed by atoms with van der Waals surface area (Å²) in [5.74, 6) is -1.57. The number of halogens is 1. The molecule has 0 heterocycles. The van der Waals surface area contributed by atoms with Crippen molar-refractivity contribution in [3.63, 3.8) is 0 Å². The molecule has 0 amide bonds. The zero-order valence-electron chi connectivity index (χ0n) is 8.11. The molecule has 0 spiro atoms. The number of benzene rings is 1. The lowest BCUT2D eigenvalue weighted by molar-refractivity contribution is -0.115. The van der Waals surface area contributed by atoms with Crippen LogP contribution in [0.1, 0.15) is 5.56 Å². The van der Waals surface area contributed by atoms with Crippen LogP contribution in [0.3, 0.4) is 0 Å². The molecule has 0 unspecified atom stereocenters. The predicted molar refractivity (Wildman–Crippen MR) is 60.2 cm³/mol. The zero-order valence-corrected chi connectivity index (χ0v) is 8.86. The Balaban J connectivity index is 2.54. The Morgan fingerprint density at radius 2 is 1.75 bits per heavy atom. The lowest BCUT2D eigenvalue weighted by Crippen LogP contribution is -2.13. The van der Waals surface area contributed by atoms with E-state index in [1.54, 1.807) is 24.3 Å². The number of rotatable bonds is 1. The fourth-order valence-corrected chi connectivity index (χ4v) is 1.70. The van der Waals surface area contributed by atoms with Gasteiger partial charge in [0.15, 0.2) is 11.5 Å². The maximum Gasteiger partial charge on any atom is 0.228 e. The van der Waals surface area contributed by atoms with Crippen LogP contribution in [0.5, 0.6) is 0 Å². The van der Waals surface area contributed by atoms with E-state index in [0.29, 0.717) is 10.6 Å². The number of ketones is 2. The lowest BCUT2D eigenvalue weighted by atomic mass is 9.95. The molecule has 1 aliphatic rings. The third-order valence-corrected chi connectivity index (χ3v) is 2.54. The van der Waals surface area contributed by atoms with Crippen LogP contribution in [0.4, 0.5) is 0 Å². The summed E-state index contributed by atoms with van der Waals surface area (Å²) in [5.41, 5.74) is 0.567. The summed E-state index contributed by atoms with van der Waals surface area (Å²) in [4.78, 5) is 22.8. The number of aliphatic hydroxyl groups excluding tert-OH is 1. The van der Waals surface area contributed by atoms with E-state index < -0.39 is 17.3 Å². The molecule has 4 heteroatoms. The summed E-state index contributed by atoms with van der Waals surface area (Å²) in [6.07, 6.45) is 2.06. The van der Waals surface area contributed by atoms with Crippen LogP contribution in [-0.2, 0) is 9.59 Å². The van der Waals surface area contributed by atoms with Crippen molar-refractivity contribution in [2.24, 2.45) is 0 Å². The fraction of sp³-hybridized carbons (Fsp3) is 0. The van der Waals surface area contributed by atoms with Gasteiger partial charge in [-0.1, -0.05) is 29.8 Å². The van der Waals surface area contributed by atoms with E-state index in [1.165, 1.54) is 6.08 Å². The number of allylic oxidation sites excluding steroid dienone is 3. The van der Waals surface area contributed by atoms with Crippen LogP contribution < -0.4 is 0 Å². The van der Waals surface area contributed by atoms with Crippen molar-refractivity contribution in [3.8, 4) is 0 Å². The Morgan fingerprint density at radius 3 is 2.44 bits per heavy atom. The molecule has 3 nitrogen and oxygen atoms in total. The number of carbonyl (C=O) groups is 2. The highest BCUT2D eigenvalue weighted by atomic mass is 35.5. The molecular weight excluding hydrogens is 228 g/mol. The summed E-state index contributed by atoms with van der Waals surface area (Å²) in [5, 5.41) is 9.64. The molecule has 0 saturated heterocycles. The van der Waals surface area contributed by atoms with E-state index in [1.807, 2.05) is 0 Å². The number of aliphatic hydroxyl groups is 1. The van der Waals surface area contributed by atoms with Crippen molar-refractivity contribution < 1.29 is 14.7 Å². The van der Waals surface area contributed by atoms with Gasteiger partial charge in [-0.2, -0.15) is 0 Å². The molecule has 0 fully saturated rings. The topological polar surface area (TPSA) is 54.4 Å². The van der Waals surface area contributed by atoms with E-state index in [-0.39, 0.29) is 5.57 Å². The van der Waals surface area contributed by atoms with Crippen molar-refractivity contribution in [2.75, 3.05) is 0 Å². The summed E-state index contributed by atoms with van der Waals surface area (Å²) >= 11 is 5.91. The Morgan fingerprint density at radius 1 is 1.06 bits per heavy atom. The van der Waals surface area contributed by atoms with Crippen molar-refractivity contribution in [3.05, 3.63) is 52.8 Å². The minimum absolute atomic E-state index is 0.121. The summed E-state index contributed by atoms with van der Waals surface area (Å²) in [7, 11) is 0. The van der Waals surface area contributed by atoms with Crippen molar-refractivity contribution >= 4 is 28.7 Å². The first-order chi connectivity index (χ1) is 7.59. The normalized spacial score (nSPS) is 15.8. The van der Waals surface area contributed by atoms with E-state index >= 15 is 0 Å². The maximum absolute atomic E-state index is 11.6. The fourth-order valence-electron chi connectivity index (χ4n) is 1.47. The Labute approximate surface area is 96.7 Å². The van der Waals surface area contributed by atoms with Gasteiger partial charge in [0, 0.05) is 22.2 Å². The molecule has 0 radical (unpaired) electrons. The summed E-state index contributed by atoms with van der Waals surface area (Å²) < 4.78 is 0. The molecule has 0 saturated carbocycles. The first kappa shape index (κ1) is 10.6. The van der Waals surface area contributed by atoms with Crippen LogP contribution in [0.2, 0.25) is 5.02 Å². The highest BCUT2D eigenvalue weighted by molar-refractivity contribution is 6.39. The highest BCUT2D eigenvalue weighted by Gasteiger charge is 2.23. The maximum atomic E-state index is 11.6. The van der Waals surface area contributed by atoms with Crippen molar-refractivity contribution in [1.82, 2.24) is 0 Å². The minimum atomic E-state index is -0.590. The minimum Gasteiger partial charge on any atom is -0.504 e. The Kier molecular flexibility index (Phi) is 2.62. The van der Waals surface area contributed by atoms with Gasteiger partial charge in [-0.25, -0.2) is 0 Å². The first-order valence-corrected chi connectivity index (χ1v) is 4.93. The molecule has 0 atom stereocenters. The van der Waals surface area contributed by atoms with Crippen LogP contribution in [0.15, 0.2) is 42.2 Å². The van der Waals surface area contributed by atoms with Crippen LogP contribution >= 0.6 is 11.6 Å². The smallest absolute Gasteiger partial charge is 0.228 e. The SMILES string of the molecule is O=C1C=C(O)C(=O)C(c2ccccc2Cl)=C1. The number of carbonyl (C=O) groups excluding carboxylic acids is 2. The van der Waals surface area contributed by atoms with Gasteiger partial charge < -0.3 is 5.11 Å². The van der Waals surface area contributed by atoms with Crippen LogP contribution in [-0.4, -0.2) is 16.7 Å². The average molecular weight is 235 g/mol. The molecular formula is C12H7ClO3. The van der Waals surface area contributed by atoms with E-state index in [2.05, 4.69) is 0 Å². The molecule has 1 aromatic rings.